The van der Waals surface area contributed by atoms with Crippen LogP contribution in [0, 0.1) is 34.5 Å². The minimum atomic E-state index is -0.131. The monoisotopic (exact) mass is 330 g/mol. The zero-order valence-corrected chi connectivity index (χ0v) is 15.2. The van der Waals surface area contributed by atoms with Gasteiger partial charge in [0.2, 0.25) is 0 Å². The molecule has 3 fully saturated rings. The van der Waals surface area contributed by atoms with Crippen molar-refractivity contribution in [1.82, 2.24) is 0 Å². The van der Waals surface area contributed by atoms with Crippen LogP contribution in [0.15, 0.2) is 12.2 Å². The van der Waals surface area contributed by atoms with Crippen LogP contribution in [0.25, 0.3) is 0 Å². The number of fused-ring (bicyclic) bond motifs is 5. The zero-order chi connectivity index (χ0) is 17.1. The topological polar surface area (TPSA) is 43.4 Å². The highest BCUT2D eigenvalue weighted by Crippen LogP contribution is 2.64. The molecule has 0 aliphatic heterocycles. The lowest BCUT2D eigenvalue weighted by atomic mass is 9.48. The molecular weight excluding hydrogens is 300 g/mol. The number of carbonyl (C=O) groups excluding carboxylic acids is 2. The summed E-state index contributed by atoms with van der Waals surface area (Å²) in [5.41, 5.74) is 0.337. The normalized spacial score (nSPS) is 50.0. The molecule has 3 heteroatoms. The third kappa shape index (κ3) is 2.30. The van der Waals surface area contributed by atoms with Gasteiger partial charge in [0.05, 0.1) is 0 Å². The minimum absolute atomic E-state index is 0.109. The van der Waals surface area contributed by atoms with E-state index in [0.717, 1.165) is 25.2 Å². The lowest BCUT2D eigenvalue weighted by Crippen LogP contribution is -2.52. The van der Waals surface area contributed by atoms with Gasteiger partial charge in [-0.25, -0.2) is 0 Å². The van der Waals surface area contributed by atoms with Crippen molar-refractivity contribution < 1.29 is 14.3 Å². The first kappa shape index (κ1) is 16.4. The lowest BCUT2D eigenvalue weighted by Gasteiger charge is -2.57. The van der Waals surface area contributed by atoms with Crippen molar-refractivity contribution in [3.8, 4) is 0 Å². The van der Waals surface area contributed by atoms with E-state index in [2.05, 4.69) is 19.9 Å². The molecular formula is C21H30O3. The standard InChI is InChI=1S/C21H30O3/c1-13(22)24-19-7-6-18-16-8-10-20(2)12-14(23)4-5-17(20)15(16)9-11-21(18,19)3/h4-5,15-19H,6-12H2,1-3H3/t15-,16+,17+,18+,19-,20+,21-/m0/s1. The van der Waals surface area contributed by atoms with Gasteiger partial charge >= 0.3 is 5.97 Å². The van der Waals surface area contributed by atoms with Gasteiger partial charge in [-0.2, -0.15) is 0 Å². The van der Waals surface area contributed by atoms with Crippen molar-refractivity contribution in [2.24, 2.45) is 34.5 Å². The minimum Gasteiger partial charge on any atom is -0.462 e. The molecule has 0 heterocycles. The van der Waals surface area contributed by atoms with Crippen molar-refractivity contribution >= 4 is 11.8 Å². The summed E-state index contributed by atoms with van der Waals surface area (Å²) in [5, 5.41) is 0. The number of hydrogen-bond donors (Lipinski definition) is 0. The van der Waals surface area contributed by atoms with Gasteiger partial charge in [0.15, 0.2) is 5.78 Å². The number of rotatable bonds is 1. The molecule has 0 saturated heterocycles. The molecule has 0 N–H and O–H groups in total. The molecule has 0 aromatic carbocycles. The van der Waals surface area contributed by atoms with Crippen LogP contribution in [0.2, 0.25) is 0 Å². The van der Waals surface area contributed by atoms with Crippen LogP contribution in [0.5, 0.6) is 0 Å². The number of carbonyl (C=O) groups is 2. The van der Waals surface area contributed by atoms with E-state index in [0.29, 0.717) is 23.5 Å². The highest BCUT2D eigenvalue weighted by atomic mass is 16.5. The first-order chi connectivity index (χ1) is 11.3. The Balaban J connectivity index is 1.60. The summed E-state index contributed by atoms with van der Waals surface area (Å²) in [7, 11) is 0. The van der Waals surface area contributed by atoms with E-state index in [1.54, 1.807) is 0 Å². The van der Waals surface area contributed by atoms with E-state index in [1.165, 1.54) is 32.6 Å². The molecule has 132 valence electrons. The van der Waals surface area contributed by atoms with E-state index in [1.807, 2.05) is 6.08 Å². The third-order valence-electron chi connectivity index (χ3n) is 8.10. The Labute approximate surface area is 145 Å². The van der Waals surface area contributed by atoms with Crippen LogP contribution in [-0.4, -0.2) is 17.9 Å². The second kappa shape index (κ2) is 5.44. The Morgan fingerprint density at radius 2 is 1.88 bits per heavy atom. The molecule has 4 aliphatic rings. The number of ether oxygens (including phenoxy) is 1. The Bertz CT molecular complexity index is 594. The second-order valence-electron chi connectivity index (χ2n) is 9.37. The zero-order valence-electron chi connectivity index (χ0n) is 15.2. The van der Waals surface area contributed by atoms with Gasteiger partial charge in [-0.05, 0) is 73.7 Å². The molecule has 4 aliphatic carbocycles. The lowest BCUT2D eigenvalue weighted by molar-refractivity contribution is -0.157. The summed E-state index contributed by atoms with van der Waals surface area (Å²) in [6.45, 7) is 6.24. The van der Waals surface area contributed by atoms with Crippen molar-refractivity contribution in [3.63, 3.8) is 0 Å². The van der Waals surface area contributed by atoms with Gasteiger partial charge < -0.3 is 4.74 Å². The van der Waals surface area contributed by atoms with Crippen molar-refractivity contribution in [1.29, 1.82) is 0 Å². The Morgan fingerprint density at radius 3 is 2.62 bits per heavy atom. The SMILES string of the molecule is CC(=O)O[C@H]1CC[C@@H]2[C@@H]3CC[C@]4(C)CC(=O)C=C[C@@H]4[C@H]3CC[C@]12C. The first-order valence-electron chi connectivity index (χ1n) is 9.72. The van der Waals surface area contributed by atoms with Crippen LogP contribution >= 0.6 is 0 Å². The molecule has 0 spiro atoms. The largest absolute Gasteiger partial charge is 0.462 e. The van der Waals surface area contributed by atoms with E-state index in [-0.39, 0.29) is 22.9 Å². The summed E-state index contributed by atoms with van der Waals surface area (Å²) in [6, 6.07) is 0. The van der Waals surface area contributed by atoms with Crippen LogP contribution in [0.1, 0.15) is 65.7 Å². The number of allylic oxidation sites excluding steroid dienone is 2. The van der Waals surface area contributed by atoms with Crippen molar-refractivity contribution in [2.75, 3.05) is 0 Å². The summed E-state index contributed by atoms with van der Waals surface area (Å²) in [6.07, 6.45) is 11.9. The number of ketones is 1. The Hall–Kier alpha value is -1.12. The van der Waals surface area contributed by atoms with Gasteiger partial charge in [0.1, 0.15) is 6.10 Å². The highest BCUT2D eigenvalue weighted by Gasteiger charge is 2.59. The molecule has 0 bridgehead atoms. The number of esters is 1. The summed E-state index contributed by atoms with van der Waals surface area (Å²) < 4.78 is 5.71. The average Bonchev–Trinajstić information content (AvgIpc) is 2.82. The Morgan fingerprint density at radius 1 is 1.12 bits per heavy atom. The third-order valence-corrected chi connectivity index (χ3v) is 8.10. The molecule has 4 rings (SSSR count). The van der Waals surface area contributed by atoms with E-state index >= 15 is 0 Å². The maximum absolute atomic E-state index is 11.9. The van der Waals surface area contributed by atoms with Gasteiger partial charge in [0.25, 0.3) is 0 Å². The molecule has 0 amide bonds. The molecule has 24 heavy (non-hydrogen) atoms. The highest BCUT2D eigenvalue weighted by molar-refractivity contribution is 5.91. The average molecular weight is 330 g/mol. The number of hydrogen-bond acceptors (Lipinski definition) is 3. The Kier molecular flexibility index (Phi) is 3.71. The molecule has 0 unspecified atom stereocenters. The molecule has 0 radical (unpaired) electrons. The summed E-state index contributed by atoms with van der Waals surface area (Å²) >= 11 is 0. The maximum atomic E-state index is 11.9. The van der Waals surface area contributed by atoms with Crippen molar-refractivity contribution in [3.05, 3.63) is 12.2 Å². The smallest absolute Gasteiger partial charge is 0.302 e. The fourth-order valence-corrected chi connectivity index (χ4v) is 6.95. The molecule has 7 atom stereocenters. The molecule has 3 saturated carbocycles. The fraction of sp³-hybridized carbons (Fsp3) is 0.810. The first-order valence-corrected chi connectivity index (χ1v) is 9.72. The summed E-state index contributed by atoms with van der Waals surface area (Å²) in [4.78, 5) is 23.4. The van der Waals surface area contributed by atoms with Gasteiger partial charge in [-0.3, -0.25) is 9.59 Å². The van der Waals surface area contributed by atoms with E-state index in [4.69, 9.17) is 4.74 Å². The molecule has 0 aromatic rings. The quantitative estimate of drug-likeness (QED) is 0.673. The maximum Gasteiger partial charge on any atom is 0.302 e. The predicted octanol–water partition coefficient (Wildman–Crippen LogP) is 4.31. The van der Waals surface area contributed by atoms with Crippen LogP contribution < -0.4 is 0 Å². The summed E-state index contributed by atoms with van der Waals surface area (Å²) in [5.74, 6) is 2.86. The fourth-order valence-electron chi connectivity index (χ4n) is 6.95. The van der Waals surface area contributed by atoms with Gasteiger partial charge in [-0.1, -0.05) is 19.9 Å². The molecule has 0 aromatic heterocycles. The predicted molar refractivity (Wildman–Crippen MR) is 92.2 cm³/mol. The van der Waals surface area contributed by atoms with Crippen LogP contribution in [0.3, 0.4) is 0 Å². The van der Waals surface area contributed by atoms with Crippen molar-refractivity contribution in [2.45, 2.75) is 71.8 Å². The van der Waals surface area contributed by atoms with E-state index < -0.39 is 0 Å². The van der Waals surface area contributed by atoms with Gasteiger partial charge in [0, 0.05) is 18.8 Å². The van der Waals surface area contributed by atoms with Gasteiger partial charge in [-0.15, -0.1) is 0 Å². The van der Waals surface area contributed by atoms with Crippen LogP contribution in [0.4, 0.5) is 0 Å². The molecule has 3 nitrogen and oxygen atoms in total. The van der Waals surface area contributed by atoms with Crippen LogP contribution in [-0.2, 0) is 14.3 Å². The van der Waals surface area contributed by atoms with E-state index in [9.17, 15) is 9.59 Å². The second-order valence-corrected chi connectivity index (χ2v) is 9.37.